The smallest absolute Gasteiger partial charge is 0.471 e. The van der Waals surface area contributed by atoms with Gasteiger partial charge in [0.1, 0.15) is 18.1 Å². The van der Waals surface area contributed by atoms with Crippen LogP contribution in [0.3, 0.4) is 0 Å². The summed E-state index contributed by atoms with van der Waals surface area (Å²) in [5, 5.41) is 35.2. The SMILES string of the molecule is O=C(Nc1ccc2ccc(CC[C@H]3C[C@@H](n4ccc5c(O)ncnc54)[C@H](O)[C@@H]3O)cc2c1)C(F)(F)F. The molecule has 0 aliphatic heterocycles. The summed E-state index contributed by atoms with van der Waals surface area (Å²) in [5.41, 5.74) is 1.44. The van der Waals surface area contributed by atoms with E-state index in [0.29, 0.717) is 35.7 Å². The van der Waals surface area contributed by atoms with Crippen molar-refractivity contribution in [2.24, 2.45) is 5.92 Å². The minimum absolute atomic E-state index is 0.0490. The molecular formula is C25H23F3N4O4. The van der Waals surface area contributed by atoms with E-state index >= 15 is 0 Å². The van der Waals surface area contributed by atoms with E-state index in [4.69, 9.17) is 0 Å². The molecule has 36 heavy (non-hydrogen) atoms. The largest absolute Gasteiger partial charge is 0.493 e. The molecule has 5 rings (SSSR count). The first kappa shape index (κ1) is 24.0. The third-order valence-corrected chi connectivity index (χ3v) is 6.84. The van der Waals surface area contributed by atoms with Gasteiger partial charge in [-0.05, 0) is 59.7 Å². The molecule has 8 nitrogen and oxygen atoms in total. The first-order valence-electron chi connectivity index (χ1n) is 11.4. The van der Waals surface area contributed by atoms with Crippen LogP contribution in [0.15, 0.2) is 55.0 Å². The number of hydrogen-bond donors (Lipinski definition) is 4. The van der Waals surface area contributed by atoms with Crippen LogP contribution in [0.2, 0.25) is 0 Å². The number of carbonyl (C=O) groups is 1. The lowest BCUT2D eigenvalue weighted by atomic mass is 9.95. The van der Waals surface area contributed by atoms with Gasteiger partial charge >= 0.3 is 12.1 Å². The number of anilines is 1. The van der Waals surface area contributed by atoms with Gasteiger partial charge in [-0.2, -0.15) is 13.2 Å². The monoisotopic (exact) mass is 500 g/mol. The molecule has 1 saturated carbocycles. The normalized spacial score (nSPS) is 22.4. The van der Waals surface area contributed by atoms with Crippen molar-refractivity contribution in [2.45, 2.75) is 43.7 Å². The number of nitrogens with zero attached hydrogens (tertiary/aromatic N) is 3. The molecule has 2 aromatic carbocycles. The van der Waals surface area contributed by atoms with Gasteiger partial charge in [0, 0.05) is 11.9 Å². The van der Waals surface area contributed by atoms with Crippen LogP contribution in [0.5, 0.6) is 5.88 Å². The van der Waals surface area contributed by atoms with Gasteiger partial charge in [-0.25, -0.2) is 9.97 Å². The van der Waals surface area contributed by atoms with Gasteiger partial charge in [-0.15, -0.1) is 0 Å². The maximum absolute atomic E-state index is 12.6. The number of benzene rings is 2. The Hall–Kier alpha value is -3.70. The highest BCUT2D eigenvalue weighted by molar-refractivity contribution is 5.97. The summed E-state index contributed by atoms with van der Waals surface area (Å²) < 4.78 is 39.4. The maximum Gasteiger partial charge on any atom is 0.471 e. The van der Waals surface area contributed by atoms with E-state index in [1.54, 1.807) is 22.9 Å². The highest BCUT2D eigenvalue weighted by Gasteiger charge is 2.42. The highest BCUT2D eigenvalue weighted by atomic mass is 19.4. The standard InChI is InChI=1S/C25H23F3N4O4/c26-25(27,28)24(36)31-17-6-5-14-3-1-13(9-16(14)10-17)2-4-15-11-19(21(34)20(15)33)32-8-7-18-22(32)29-12-30-23(18)35/h1,3,5-10,12,15,19-21,33-34H,2,4,11H2,(H,31,36)(H,29,30,35)/t15-,19+,20+,21-/m0/s1. The van der Waals surface area contributed by atoms with Crippen molar-refractivity contribution < 1.29 is 33.3 Å². The highest BCUT2D eigenvalue weighted by Crippen LogP contribution is 2.40. The molecule has 1 aliphatic rings. The molecule has 2 heterocycles. The number of aryl methyl sites for hydroxylation is 1. The second-order valence-electron chi connectivity index (χ2n) is 9.09. The van der Waals surface area contributed by atoms with E-state index in [9.17, 15) is 33.3 Å². The second kappa shape index (κ2) is 9.07. The molecule has 1 aliphatic carbocycles. The van der Waals surface area contributed by atoms with Crippen molar-refractivity contribution in [2.75, 3.05) is 5.32 Å². The number of fused-ring (bicyclic) bond motifs is 2. The average molecular weight is 500 g/mol. The number of aromatic nitrogens is 3. The number of rotatable bonds is 5. The van der Waals surface area contributed by atoms with Crippen LogP contribution in [0.4, 0.5) is 18.9 Å². The molecule has 0 bridgehead atoms. The number of aliphatic hydroxyl groups excluding tert-OH is 2. The predicted molar refractivity (Wildman–Crippen MR) is 125 cm³/mol. The lowest BCUT2D eigenvalue weighted by Crippen LogP contribution is -2.29. The molecule has 4 aromatic rings. The van der Waals surface area contributed by atoms with Crippen LogP contribution >= 0.6 is 0 Å². The molecule has 0 saturated heterocycles. The number of alkyl halides is 3. The molecule has 11 heteroatoms. The summed E-state index contributed by atoms with van der Waals surface area (Å²) in [6.45, 7) is 0. The van der Waals surface area contributed by atoms with Crippen molar-refractivity contribution in [1.82, 2.24) is 14.5 Å². The number of carbonyl (C=O) groups excluding carboxylic acids is 1. The number of amides is 1. The molecule has 1 fully saturated rings. The molecule has 4 N–H and O–H groups in total. The Bertz CT molecular complexity index is 1440. The lowest BCUT2D eigenvalue weighted by Gasteiger charge is -2.19. The minimum atomic E-state index is -4.97. The molecule has 2 aromatic heterocycles. The average Bonchev–Trinajstić information content (AvgIpc) is 3.39. The Labute approximate surface area is 203 Å². The zero-order valence-electron chi connectivity index (χ0n) is 18.9. The number of aromatic hydroxyl groups is 1. The van der Waals surface area contributed by atoms with E-state index < -0.39 is 30.3 Å². The summed E-state index contributed by atoms with van der Waals surface area (Å²) in [4.78, 5) is 19.2. The van der Waals surface area contributed by atoms with Crippen LogP contribution in [-0.2, 0) is 11.2 Å². The van der Waals surface area contributed by atoms with Gasteiger partial charge in [-0.3, -0.25) is 4.79 Å². The third kappa shape index (κ3) is 4.47. The Balaban J connectivity index is 1.30. The molecule has 1 amide bonds. The molecule has 188 valence electrons. The van der Waals surface area contributed by atoms with Gasteiger partial charge in [-0.1, -0.05) is 24.3 Å². The van der Waals surface area contributed by atoms with Gasteiger partial charge in [0.2, 0.25) is 5.88 Å². The summed E-state index contributed by atoms with van der Waals surface area (Å²) in [6.07, 6.45) is -2.34. The van der Waals surface area contributed by atoms with Gasteiger partial charge < -0.3 is 25.2 Å². The number of hydrogen-bond acceptors (Lipinski definition) is 6. The molecule has 0 spiro atoms. The van der Waals surface area contributed by atoms with Crippen LogP contribution in [0, 0.1) is 5.92 Å². The molecule has 4 atom stereocenters. The van der Waals surface area contributed by atoms with Gasteiger partial charge in [0.05, 0.1) is 17.5 Å². The number of halogens is 3. The fourth-order valence-electron chi connectivity index (χ4n) is 4.97. The first-order valence-corrected chi connectivity index (χ1v) is 11.4. The predicted octanol–water partition coefficient (Wildman–Crippen LogP) is 3.71. The van der Waals surface area contributed by atoms with Gasteiger partial charge in [0.25, 0.3) is 0 Å². The van der Waals surface area contributed by atoms with E-state index in [-0.39, 0.29) is 17.5 Å². The summed E-state index contributed by atoms with van der Waals surface area (Å²) in [6, 6.07) is 11.4. The summed E-state index contributed by atoms with van der Waals surface area (Å²) >= 11 is 0. The number of nitrogens with one attached hydrogen (secondary N) is 1. The molecular weight excluding hydrogens is 477 g/mol. The Morgan fingerprint density at radius 3 is 2.61 bits per heavy atom. The van der Waals surface area contributed by atoms with Crippen LogP contribution in [0.25, 0.3) is 21.8 Å². The third-order valence-electron chi connectivity index (χ3n) is 6.84. The minimum Gasteiger partial charge on any atom is -0.493 e. The fraction of sp³-hybridized carbons (Fsp3) is 0.320. The van der Waals surface area contributed by atoms with E-state index in [0.717, 1.165) is 10.9 Å². The van der Waals surface area contributed by atoms with Crippen molar-refractivity contribution in [3.63, 3.8) is 0 Å². The van der Waals surface area contributed by atoms with E-state index in [2.05, 4.69) is 9.97 Å². The van der Waals surface area contributed by atoms with Gasteiger partial charge in [0.15, 0.2) is 0 Å². The topological polar surface area (TPSA) is 121 Å². The van der Waals surface area contributed by atoms with Crippen molar-refractivity contribution in [1.29, 1.82) is 0 Å². The van der Waals surface area contributed by atoms with Crippen LogP contribution in [-0.4, -0.2) is 54.1 Å². The zero-order valence-corrected chi connectivity index (χ0v) is 18.9. The Morgan fingerprint density at radius 1 is 1.06 bits per heavy atom. The van der Waals surface area contributed by atoms with E-state index in [1.165, 1.54) is 18.5 Å². The zero-order chi connectivity index (χ0) is 25.6. The Morgan fingerprint density at radius 2 is 1.83 bits per heavy atom. The summed E-state index contributed by atoms with van der Waals surface area (Å²) in [7, 11) is 0. The fourth-order valence-corrected chi connectivity index (χ4v) is 4.97. The summed E-state index contributed by atoms with van der Waals surface area (Å²) in [5.74, 6) is -2.38. The van der Waals surface area contributed by atoms with Crippen LogP contribution in [0.1, 0.15) is 24.4 Å². The maximum atomic E-state index is 12.6. The lowest BCUT2D eigenvalue weighted by molar-refractivity contribution is -0.167. The quantitative estimate of drug-likeness (QED) is 0.332. The van der Waals surface area contributed by atoms with E-state index in [1.807, 2.05) is 23.5 Å². The number of aliphatic hydroxyl groups is 2. The van der Waals surface area contributed by atoms with Crippen molar-refractivity contribution in [3.8, 4) is 5.88 Å². The van der Waals surface area contributed by atoms with Crippen molar-refractivity contribution >= 4 is 33.4 Å². The first-order chi connectivity index (χ1) is 17.1. The Kier molecular flexibility index (Phi) is 6.05. The van der Waals surface area contributed by atoms with Crippen LogP contribution < -0.4 is 5.32 Å². The molecule has 0 unspecified atom stereocenters. The molecule has 0 radical (unpaired) electrons. The second-order valence-corrected chi connectivity index (χ2v) is 9.09. The van der Waals surface area contributed by atoms with Crippen molar-refractivity contribution in [3.05, 3.63) is 60.6 Å².